The summed E-state index contributed by atoms with van der Waals surface area (Å²) in [5.41, 5.74) is 5.82. The lowest BCUT2D eigenvalue weighted by Crippen LogP contribution is -2.25. The van der Waals surface area contributed by atoms with Crippen molar-refractivity contribution in [2.75, 3.05) is 19.4 Å². The van der Waals surface area contributed by atoms with Crippen molar-refractivity contribution in [2.45, 2.75) is 12.8 Å². The molecule has 5 nitrogen and oxygen atoms in total. The molecule has 98 valence electrons. The Bertz CT molecular complexity index is 449. The number of esters is 1. The molecule has 0 radical (unpaired) electrons. The predicted octanol–water partition coefficient (Wildman–Crippen LogP) is 1.09. The average Bonchev–Trinajstić information content (AvgIpc) is 2.34. The van der Waals surface area contributed by atoms with Crippen molar-refractivity contribution in [3.8, 4) is 0 Å². The van der Waals surface area contributed by atoms with Crippen LogP contribution in [0.1, 0.15) is 23.2 Å². The van der Waals surface area contributed by atoms with Crippen LogP contribution in [0.3, 0.4) is 0 Å². The third-order valence-corrected chi connectivity index (χ3v) is 2.33. The van der Waals surface area contributed by atoms with Crippen molar-refractivity contribution in [1.82, 2.24) is 5.32 Å². The average molecular weight is 254 g/mol. The number of methoxy groups -OCH3 is 1. The van der Waals surface area contributed by atoms with Crippen LogP contribution in [0.5, 0.6) is 0 Å². The van der Waals surface area contributed by atoms with Gasteiger partial charge >= 0.3 is 5.97 Å². The lowest BCUT2D eigenvalue weighted by molar-refractivity contribution is -0.140. The van der Waals surface area contributed by atoms with Crippen LogP contribution in [0.25, 0.3) is 0 Å². The Kier molecular flexibility index (Phi) is 5.10. The minimum absolute atomic E-state index is 0.0838. The molecule has 1 rings (SSSR count). The first-order valence-electron chi connectivity index (χ1n) is 5.44. The van der Waals surface area contributed by atoms with Crippen LogP contribution in [-0.4, -0.2) is 25.5 Å². The Balaban J connectivity index is 2.43. The van der Waals surface area contributed by atoms with Gasteiger partial charge < -0.3 is 15.8 Å². The number of benzene rings is 1. The molecule has 0 saturated carbocycles. The molecule has 0 bridgehead atoms. The zero-order valence-electron chi connectivity index (χ0n) is 10.0. The van der Waals surface area contributed by atoms with Gasteiger partial charge in [-0.2, -0.15) is 0 Å². The van der Waals surface area contributed by atoms with E-state index in [4.69, 9.17) is 5.73 Å². The topological polar surface area (TPSA) is 81.4 Å². The SMILES string of the molecule is COC(=O)CCCNC(=O)c1ccc(F)cc1N. The van der Waals surface area contributed by atoms with Crippen LogP contribution >= 0.6 is 0 Å². The molecular formula is C12H15FN2O3. The smallest absolute Gasteiger partial charge is 0.305 e. The van der Waals surface area contributed by atoms with Gasteiger partial charge in [0, 0.05) is 18.7 Å². The summed E-state index contributed by atoms with van der Waals surface area (Å²) in [4.78, 5) is 22.5. The van der Waals surface area contributed by atoms with E-state index in [0.717, 1.165) is 6.07 Å². The predicted molar refractivity (Wildman–Crippen MR) is 64.4 cm³/mol. The van der Waals surface area contributed by atoms with E-state index in [9.17, 15) is 14.0 Å². The molecule has 0 fully saturated rings. The summed E-state index contributed by atoms with van der Waals surface area (Å²) in [5, 5.41) is 2.59. The number of rotatable bonds is 5. The molecule has 6 heteroatoms. The number of anilines is 1. The van der Waals surface area contributed by atoms with Gasteiger partial charge in [0.25, 0.3) is 5.91 Å². The van der Waals surface area contributed by atoms with Crippen LogP contribution in [0.2, 0.25) is 0 Å². The summed E-state index contributed by atoms with van der Waals surface area (Å²) in [6.45, 7) is 0.324. The highest BCUT2D eigenvalue weighted by Gasteiger charge is 2.09. The number of nitrogens with two attached hydrogens (primary N) is 1. The lowest BCUT2D eigenvalue weighted by atomic mass is 10.1. The number of ether oxygens (including phenoxy) is 1. The Morgan fingerprint density at radius 3 is 2.78 bits per heavy atom. The molecule has 0 aliphatic carbocycles. The van der Waals surface area contributed by atoms with Gasteiger partial charge in [-0.3, -0.25) is 9.59 Å². The summed E-state index contributed by atoms with van der Waals surface area (Å²) in [7, 11) is 1.31. The maximum absolute atomic E-state index is 12.8. The molecule has 0 aliphatic heterocycles. The van der Waals surface area contributed by atoms with E-state index in [0.29, 0.717) is 13.0 Å². The van der Waals surface area contributed by atoms with Crippen molar-refractivity contribution in [3.05, 3.63) is 29.6 Å². The molecule has 0 spiro atoms. The monoisotopic (exact) mass is 254 g/mol. The number of nitrogen functional groups attached to an aromatic ring is 1. The fourth-order valence-electron chi connectivity index (χ4n) is 1.37. The van der Waals surface area contributed by atoms with Gasteiger partial charge in [-0.15, -0.1) is 0 Å². The number of carbonyl (C=O) groups is 2. The third-order valence-electron chi connectivity index (χ3n) is 2.33. The van der Waals surface area contributed by atoms with Crippen molar-refractivity contribution in [3.63, 3.8) is 0 Å². The first kappa shape index (κ1) is 14.0. The Morgan fingerprint density at radius 1 is 1.44 bits per heavy atom. The summed E-state index contributed by atoms with van der Waals surface area (Å²) in [6, 6.07) is 3.57. The quantitative estimate of drug-likeness (QED) is 0.468. The van der Waals surface area contributed by atoms with E-state index in [1.54, 1.807) is 0 Å². The fraction of sp³-hybridized carbons (Fsp3) is 0.333. The fourth-order valence-corrected chi connectivity index (χ4v) is 1.37. The highest BCUT2D eigenvalue weighted by Crippen LogP contribution is 2.12. The van der Waals surface area contributed by atoms with Gasteiger partial charge in [0.05, 0.1) is 12.7 Å². The van der Waals surface area contributed by atoms with Gasteiger partial charge in [-0.1, -0.05) is 0 Å². The number of hydrogen-bond donors (Lipinski definition) is 2. The minimum atomic E-state index is -0.491. The largest absolute Gasteiger partial charge is 0.469 e. The van der Waals surface area contributed by atoms with Gasteiger partial charge in [0.2, 0.25) is 0 Å². The summed E-state index contributed by atoms with van der Waals surface area (Å²) >= 11 is 0. The molecule has 0 saturated heterocycles. The highest BCUT2D eigenvalue weighted by molar-refractivity contribution is 5.99. The number of hydrogen-bond acceptors (Lipinski definition) is 4. The molecule has 0 heterocycles. The summed E-state index contributed by atoms with van der Waals surface area (Å²) in [5.74, 6) is -1.21. The zero-order chi connectivity index (χ0) is 13.5. The number of carbonyl (C=O) groups excluding carboxylic acids is 2. The van der Waals surface area contributed by atoms with Gasteiger partial charge in [0.15, 0.2) is 0 Å². The maximum Gasteiger partial charge on any atom is 0.305 e. The Labute approximate surface area is 104 Å². The molecule has 1 aromatic carbocycles. The van der Waals surface area contributed by atoms with Crippen LogP contribution in [0.4, 0.5) is 10.1 Å². The standard InChI is InChI=1S/C12H15FN2O3/c1-18-11(16)3-2-6-15-12(17)9-5-4-8(13)7-10(9)14/h4-5,7H,2-3,6,14H2,1H3,(H,15,17). The summed E-state index contributed by atoms with van der Waals surface area (Å²) in [6.07, 6.45) is 0.704. The molecule has 0 aliphatic rings. The second kappa shape index (κ2) is 6.58. The molecule has 18 heavy (non-hydrogen) atoms. The molecule has 1 aromatic rings. The minimum Gasteiger partial charge on any atom is -0.469 e. The van der Waals surface area contributed by atoms with Crippen LogP contribution in [0.15, 0.2) is 18.2 Å². The number of halogens is 1. The van der Waals surface area contributed by atoms with E-state index in [2.05, 4.69) is 10.1 Å². The summed E-state index contributed by atoms with van der Waals surface area (Å²) < 4.78 is 17.2. The number of amides is 1. The lowest BCUT2D eigenvalue weighted by Gasteiger charge is -2.07. The van der Waals surface area contributed by atoms with Gasteiger partial charge in [-0.05, 0) is 24.6 Å². The molecule has 0 atom stereocenters. The Hall–Kier alpha value is -2.11. The maximum atomic E-state index is 12.8. The molecular weight excluding hydrogens is 239 g/mol. The second-order valence-electron chi connectivity index (χ2n) is 3.67. The first-order chi connectivity index (χ1) is 8.54. The van der Waals surface area contributed by atoms with Gasteiger partial charge in [0.1, 0.15) is 5.82 Å². The second-order valence-corrected chi connectivity index (χ2v) is 3.67. The van der Waals surface area contributed by atoms with E-state index in [-0.39, 0.29) is 23.6 Å². The van der Waals surface area contributed by atoms with Crippen LogP contribution < -0.4 is 11.1 Å². The van der Waals surface area contributed by atoms with Crippen molar-refractivity contribution < 1.29 is 18.7 Å². The molecule has 3 N–H and O–H groups in total. The van der Waals surface area contributed by atoms with E-state index in [1.165, 1.54) is 19.2 Å². The van der Waals surface area contributed by atoms with E-state index >= 15 is 0 Å². The highest BCUT2D eigenvalue weighted by atomic mass is 19.1. The molecule has 0 aromatic heterocycles. The number of nitrogens with one attached hydrogen (secondary N) is 1. The van der Waals surface area contributed by atoms with E-state index in [1.807, 2.05) is 0 Å². The normalized spacial score (nSPS) is 9.89. The van der Waals surface area contributed by atoms with Gasteiger partial charge in [-0.25, -0.2) is 4.39 Å². The van der Waals surface area contributed by atoms with Crippen LogP contribution in [-0.2, 0) is 9.53 Å². The van der Waals surface area contributed by atoms with Crippen molar-refractivity contribution in [2.24, 2.45) is 0 Å². The molecule has 0 unspecified atom stereocenters. The Morgan fingerprint density at radius 2 is 2.17 bits per heavy atom. The van der Waals surface area contributed by atoms with Crippen molar-refractivity contribution >= 4 is 17.6 Å². The van der Waals surface area contributed by atoms with E-state index < -0.39 is 11.7 Å². The zero-order valence-corrected chi connectivity index (χ0v) is 10.0. The molecule has 1 amide bonds. The third kappa shape index (κ3) is 4.04. The first-order valence-corrected chi connectivity index (χ1v) is 5.44. The van der Waals surface area contributed by atoms with Crippen molar-refractivity contribution in [1.29, 1.82) is 0 Å². The van der Waals surface area contributed by atoms with Crippen LogP contribution in [0, 0.1) is 5.82 Å².